The van der Waals surface area contributed by atoms with Gasteiger partial charge in [-0.3, -0.25) is 39.2 Å². The second kappa shape index (κ2) is 9.36. The smallest absolute Gasteiger partial charge is 0.332 e. The number of hydrogen-bond donors (Lipinski definition) is 1. The highest BCUT2D eigenvalue weighted by Gasteiger charge is 2.63. The molecule has 3 fully saturated rings. The predicted molar refractivity (Wildman–Crippen MR) is 142 cm³/mol. The van der Waals surface area contributed by atoms with Crippen molar-refractivity contribution >= 4 is 47.5 Å². The number of halogens is 1. The van der Waals surface area contributed by atoms with Gasteiger partial charge in [-0.05, 0) is 66.3 Å². The van der Waals surface area contributed by atoms with Gasteiger partial charge in [0.15, 0.2) is 5.41 Å². The Hall–Kier alpha value is -4.87. The molecule has 0 aromatic heterocycles. The molecule has 11 nitrogen and oxygen atoms in total. The highest BCUT2D eigenvalue weighted by molar-refractivity contribution is 6.31. The molecule has 2 aromatic carbocycles. The molecule has 4 aliphatic heterocycles. The van der Waals surface area contributed by atoms with E-state index in [1.165, 1.54) is 44.4 Å². The fourth-order valence-corrected chi connectivity index (χ4v) is 6.40. The summed E-state index contributed by atoms with van der Waals surface area (Å²) in [6, 6.07) is 8.61. The lowest BCUT2D eigenvalue weighted by molar-refractivity contribution is -0.159. The first-order chi connectivity index (χ1) is 19.5. The Bertz CT molecular complexity index is 1560. The lowest BCUT2D eigenvalue weighted by Gasteiger charge is -2.50. The van der Waals surface area contributed by atoms with E-state index in [1.54, 1.807) is 12.1 Å². The summed E-state index contributed by atoms with van der Waals surface area (Å²) in [5.74, 6) is -3.22. The van der Waals surface area contributed by atoms with Gasteiger partial charge in [0, 0.05) is 26.3 Å². The van der Waals surface area contributed by atoms with Gasteiger partial charge in [0.2, 0.25) is 11.8 Å². The van der Waals surface area contributed by atoms with Crippen molar-refractivity contribution in [2.24, 2.45) is 5.41 Å². The number of carbonyl (C=O) groups excluding carboxylic acids is 6. The van der Waals surface area contributed by atoms with Crippen LogP contribution in [0.5, 0.6) is 0 Å². The number of carbonyl (C=O) groups is 6. The minimum absolute atomic E-state index is 0.0511. The number of rotatable bonds is 3. The maximum Gasteiger partial charge on any atom is 0.332 e. The van der Waals surface area contributed by atoms with E-state index in [0.29, 0.717) is 29.7 Å². The van der Waals surface area contributed by atoms with Crippen LogP contribution >= 0.6 is 0 Å². The molecule has 1 atom stereocenters. The fraction of sp³-hybridized carbons (Fsp3) is 0.310. The van der Waals surface area contributed by atoms with Gasteiger partial charge in [-0.15, -0.1) is 0 Å². The molecule has 0 saturated carbocycles. The normalized spacial score (nSPS) is 23.0. The highest BCUT2D eigenvalue weighted by atomic mass is 19.1. The zero-order valence-electron chi connectivity index (χ0n) is 22.3. The number of nitrogens with zero attached hydrogens (tertiary/aromatic N) is 4. The molecule has 2 aromatic rings. The predicted octanol–water partition coefficient (Wildman–Crippen LogP) is 2.05. The average Bonchev–Trinajstić information content (AvgIpc) is 3.46. The van der Waals surface area contributed by atoms with Gasteiger partial charge in [-0.25, -0.2) is 14.0 Å². The molecule has 1 N–H and O–H groups in total. The lowest BCUT2D eigenvalue weighted by Crippen LogP contribution is -2.70. The van der Waals surface area contributed by atoms with Crippen molar-refractivity contribution in [2.75, 3.05) is 25.5 Å². The molecule has 4 heterocycles. The maximum absolute atomic E-state index is 13.6. The molecule has 3 saturated heterocycles. The van der Waals surface area contributed by atoms with E-state index in [1.807, 2.05) is 11.0 Å². The van der Waals surface area contributed by atoms with Crippen molar-refractivity contribution in [3.8, 4) is 0 Å². The Balaban J connectivity index is 1.36. The highest BCUT2D eigenvalue weighted by Crippen LogP contribution is 2.49. The number of benzene rings is 2. The average molecular weight is 560 g/mol. The largest absolute Gasteiger partial charge is 0.367 e. The topological polar surface area (TPSA) is 127 Å². The van der Waals surface area contributed by atoms with E-state index < -0.39 is 53.0 Å². The Morgan fingerprint density at radius 1 is 0.976 bits per heavy atom. The summed E-state index contributed by atoms with van der Waals surface area (Å²) >= 11 is 0. The molecule has 1 spiro atoms. The van der Waals surface area contributed by atoms with Crippen LogP contribution in [0, 0.1) is 11.2 Å². The van der Waals surface area contributed by atoms with Gasteiger partial charge in [0.1, 0.15) is 11.4 Å². The molecule has 0 radical (unpaired) electrons. The Morgan fingerprint density at radius 3 is 2.34 bits per heavy atom. The van der Waals surface area contributed by atoms with E-state index in [2.05, 4.69) is 5.32 Å². The van der Waals surface area contributed by atoms with Crippen LogP contribution in [0.4, 0.5) is 19.7 Å². The zero-order chi connectivity index (χ0) is 29.2. The lowest BCUT2D eigenvalue weighted by atomic mass is 9.68. The SMILES string of the molecule is CN1C(=O)N(C)C(=O)C2(Cc3cc(C=C4C(=O)NC(=O)N(Cc5ccc(F)cc5)C4=O)ccc3N3CCCC32)C1=O. The van der Waals surface area contributed by atoms with E-state index in [4.69, 9.17) is 0 Å². The minimum atomic E-state index is -1.48. The molecule has 210 valence electrons. The second-order valence-corrected chi connectivity index (χ2v) is 10.7. The number of urea groups is 2. The molecular weight excluding hydrogens is 533 g/mol. The number of nitrogens with one attached hydrogen (secondary N) is 1. The quantitative estimate of drug-likeness (QED) is 0.346. The van der Waals surface area contributed by atoms with Gasteiger partial charge >= 0.3 is 12.1 Å². The Labute approximate surface area is 234 Å². The maximum atomic E-state index is 13.6. The fourth-order valence-electron chi connectivity index (χ4n) is 6.40. The van der Waals surface area contributed by atoms with Gasteiger partial charge in [-0.1, -0.05) is 18.2 Å². The molecule has 8 amide bonds. The molecule has 0 bridgehead atoms. The number of hydrogen-bond acceptors (Lipinski definition) is 7. The summed E-state index contributed by atoms with van der Waals surface area (Å²) in [5, 5.41) is 2.17. The van der Waals surface area contributed by atoms with Crippen molar-refractivity contribution in [3.63, 3.8) is 0 Å². The van der Waals surface area contributed by atoms with Gasteiger partial charge < -0.3 is 4.90 Å². The number of amides is 8. The standard InChI is InChI=1S/C29H26FN5O6/c1-32-25(38)29(26(39)33(2)28(32)41)14-18-12-17(7-10-21(18)34-11-3-4-22(29)34)13-20-23(36)31-27(40)35(24(20)37)15-16-5-8-19(30)9-6-16/h5-10,12-13,22H,3-4,11,14-15H2,1-2H3,(H,31,36,40). The number of anilines is 1. The van der Waals surface area contributed by atoms with Gasteiger partial charge in [-0.2, -0.15) is 0 Å². The van der Waals surface area contributed by atoms with Crippen LogP contribution in [0.25, 0.3) is 6.08 Å². The molecular formula is C29H26FN5O6. The van der Waals surface area contributed by atoms with Gasteiger partial charge in [0.25, 0.3) is 11.8 Å². The third-order valence-corrected chi connectivity index (χ3v) is 8.40. The zero-order valence-corrected chi connectivity index (χ0v) is 22.3. The van der Waals surface area contributed by atoms with Crippen LogP contribution in [0.1, 0.15) is 29.5 Å². The minimum Gasteiger partial charge on any atom is -0.367 e. The summed E-state index contributed by atoms with van der Waals surface area (Å²) in [4.78, 5) is 83.0. The van der Waals surface area contributed by atoms with Crippen LogP contribution in [-0.2, 0) is 32.1 Å². The summed E-state index contributed by atoms with van der Waals surface area (Å²) in [6.07, 6.45) is 2.80. The summed E-state index contributed by atoms with van der Waals surface area (Å²) < 4.78 is 13.3. The second-order valence-electron chi connectivity index (χ2n) is 10.7. The van der Waals surface area contributed by atoms with Crippen LogP contribution in [0.2, 0.25) is 0 Å². The van der Waals surface area contributed by atoms with Crippen LogP contribution in [-0.4, -0.2) is 77.1 Å². The van der Waals surface area contributed by atoms with Crippen molar-refractivity contribution in [2.45, 2.75) is 31.8 Å². The first kappa shape index (κ1) is 26.4. The first-order valence-electron chi connectivity index (χ1n) is 13.2. The first-order valence-corrected chi connectivity index (χ1v) is 13.2. The molecule has 12 heteroatoms. The van der Waals surface area contributed by atoms with Crippen LogP contribution in [0.15, 0.2) is 48.0 Å². The summed E-state index contributed by atoms with van der Waals surface area (Å²) in [6.45, 7) is 0.464. The van der Waals surface area contributed by atoms with E-state index >= 15 is 0 Å². The number of imide groups is 4. The van der Waals surface area contributed by atoms with E-state index in [0.717, 1.165) is 26.8 Å². The van der Waals surface area contributed by atoms with Crippen LogP contribution in [0.3, 0.4) is 0 Å². The number of fused-ring (bicyclic) bond motifs is 4. The van der Waals surface area contributed by atoms with Crippen LogP contribution < -0.4 is 10.2 Å². The summed E-state index contributed by atoms with van der Waals surface area (Å²) in [5.41, 5.74) is 0.709. The molecule has 1 unspecified atom stereocenters. The van der Waals surface area contributed by atoms with Crippen molar-refractivity contribution < 1.29 is 33.2 Å². The monoisotopic (exact) mass is 559 g/mol. The van der Waals surface area contributed by atoms with Gasteiger partial charge in [0.05, 0.1) is 12.6 Å². The Kier molecular flexibility index (Phi) is 6.02. The van der Waals surface area contributed by atoms with E-state index in [-0.39, 0.29) is 18.5 Å². The Morgan fingerprint density at radius 2 is 1.66 bits per heavy atom. The third kappa shape index (κ3) is 3.92. The molecule has 6 rings (SSSR count). The summed E-state index contributed by atoms with van der Waals surface area (Å²) in [7, 11) is 2.74. The van der Waals surface area contributed by atoms with Crippen molar-refractivity contribution in [1.82, 2.24) is 20.0 Å². The molecule has 0 aliphatic carbocycles. The van der Waals surface area contributed by atoms with Crippen molar-refractivity contribution in [1.29, 1.82) is 0 Å². The third-order valence-electron chi connectivity index (χ3n) is 8.40. The van der Waals surface area contributed by atoms with Crippen molar-refractivity contribution in [3.05, 3.63) is 70.5 Å². The van der Waals surface area contributed by atoms with E-state index in [9.17, 15) is 33.2 Å². The number of barbiturate groups is 2. The molecule has 41 heavy (non-hydrogen) atoms. The molecule has 4 aliphatic rings.